The van der Waals surface area contributed by atoms with Crippen molar-refractivity contribution in [2.24, 2.45) is 0 Å². The van der Waals surface area contributed by atoms with E-state index in [2.05, 4.69) is 29.8 Å². The summed E-state index contributed by atoms with van der Waals surface area (Å²) in [6.07, 6.45) is 2.32. The molecule has 0 radical (unpaired) electrons. The highest BCUT2D eigenvalue weighted by atomic mass is 32.1. The Morgan fingerprint density at radius 2 is 2.05 bits per heavy atom. The second-order valence-corrected chi connectivity index (χ2v) is 6.36. The van der Waals surface area contributed by atoms with Crippen LogP contribution >= 0.6 is 11.3 Å². The molecule has 3 N–H and O–H groups in total. The summed E-state index contributed by atoms with van der Waals surface area (Å²) in [6, 6.07) is 10.5. The van der Waals surface area contributed by atoms with Gasteiger partial charge in [0.05, 0.1) is 23.5 Å². The number of nitrogens with one attached hydrogen (secondary N) is 1. The number of thiophene rings is 1. The van der Waals surface area contributed by atoms with Gasteiger partial charge in [0.1, 0.15) is 5.75 Å². The van der Waals surface area contributed by atoms with Crippen molar-refractivity contribution in [2.75, 3.05) is 11.1 Å². The van der Waals surface area contributed by atoms with Crippen molar-refractivity contribution in [3.63, 3.8) is 0 Å². The number of hydrogen-bond donors (Lipinski definition) is 2. The van der Waals surface area contributed by atoms with Crippen LogP contribution in [0.1, 0.15) is 44.5 Å². The first kappa shape index (κ1) is 15.7. The predicted octanol–water partition coefficient (Wildman–Crippen LogP) is 5.07. The number of rotatable bonds is 7. The lowest BCUT2D eigenvalue weighted by molar-refractivity contribution is 0.244. The number of benzene rings is 1. The highest BCUT2D eigenvalue weighted by Crippen LogP contribution is 2.34. The molecule has 0 amide bonds. The Morgan fingerprint density at radius 3 is 2.67 bits per heavy atom. The quantitative estimate of drug-likeness (QED) is 0.702. The lowest BCUT2D eigenvalue weighted by Crippen LogP contribution is -2.12. The van der Waals surface area contributed by atoms with Gasteiger partial charge in [-0.25, -0.2) is 0 Å². The summed E-state index contributed by atoms with van der Waals surface area (Å²) in [5.74, 6) is 0.747. The van der Waals surface area contributed by atoms with Crippen molar-refractivity contribution < 1.29 is 4.74 Å². The van der Waals surface area contributed by atoms with E-state index in [0.29, 0.717) is 11.7 Å². The lowest BCUT2D eigenvalue weighted by atomic mass is 10.1. The number of ether oxygens (including phenoxy) is 1. The molecule has 1 aromatic heterocycles. The SMILES string of the molecule is CCCC(Nc1cccc(OC(C)C)c1N)c1cccs1. The molecule has 0 saturated carbocycles. The first-order valence-electron chi connectivity index (χ1n) is 7.47. The van der Waals surface area contributed by atoms with Gasteiger partial charge in [0.25, 0.3) is 0 Å². The topological polar surface area (TPSA) is 47.3 Å². The fraction of sp³-hybridized carbons (Fsp3) is 0.412. The van der Waals surface area contributed by atoms with Crippen molar-refractivity contribution in [1.82, 2.24) is 0 Å². The second kappa shape index (κ2) is 7.36. The highest BCUT2D eigenvalue weighted by Gasteiger charge is 2.14. The van der Waals surface area contributed by atoms with Gasteiger partial charge in [-0.1, -0.05) is 25.5 Å². The average Bonchev–Trinajstić information content (AvgIpc) is 2.96. The molecule has 2 aromatic rings. The molecule has 0 aliphatic rings. The van der Waals surface area contributed by atoms with E-state index in [1.54, 1.807) is 11.3 Å². The Morgan fingerprint density at radius 1 is 1.24 bits per heavy atom. The van der Waals surface area contributed by atoms with Gasteiger partial charge >= 0.3 is 0 Å². The summed E-state index contributed by atoms with van der Waals surface area (Å²) in [5.41, 5.74) is 7.87. The number of hydrogen-bond acceptors (Lipinski definition) is 4. The molecule has 0 spiro atoms. The molecule has 0 aliphatic heterocycles. The second-order valence-electron chi connectivity index (χ2n) is 5.39. The van der Waals surface area contributed by atoms with E-state index in [4.69, 9.17) is 10.5 Å². The zero-order valence-corrected chi connectivity index (χ0v) is 13.7. The summed E-state index contributed by atoms with van der Waals surface area (Å²) < 4.78 is 5.76. The van der Waals surface area contributed by atoms with Gasteiger partial charge in [-0.2, -0.15) is 0 Å². The monoisotopic (exact) mass is 304 g/mol. The molecule has 1 atom stereocenters. The van der Waals surface area contributed by atoms with E-state index in [-0.39, 0.29) is 6.10 Å². The maximum absolute atomic E-state index is 6.25. The molecule has 2 rings (SSSR count). The van der Waals surface area contributed by atoms with Crippen LogP contribution in [0.25, 0.3) is 0 Å². The molecule has 0 fully saturated rings. The Kier molecular flexibility index (Phi) is 5.51. The van der Waals surface area contributed by atoms with Gasteiger partial charge in [-0.05, 0) is 43.8 Å². The number of nitrogen functional groups attached to an aromatic ring is 1. The number of anilines is 2. The summed E-state index contributed by atoms with van der Waals surface area (Å²) in [4.78, 5) is 1.34. The molecule has 0 saturated heterocycles. The molecule has 1 aromatic carbocycles. The minimum absolute atomic E-state index is 0.117. The van der Waals surface area contributed by atoms with Crippen LogP contribution < -0.4 is 15.8 Å². The Balaban J connectivity index is 2.21. The molecule has 1 unspecified atom stereocenters. The Hall–Kier alpha value is -1.68. The van der Waals surface area contributed by atoms with Crippen molar-refractivity contribution in [1.29, 1.82) is 0 Å². The fourth-order valence-electron chi connectivity index (χ4n) is 2.28. The van der Waals surface area contributed by atoms with Crippen molar-refractivity contribution in [3.05, 3.63) is 40.6 Å². The Labute approximate surface area is 131 Å². The van der Waals surface area contributed by atoms with E-state index >= 15 is 0 Å². The molecule has 21 heavy (non-hydrogen) atoms. The first-order valence-corrected chi connectivity index (χ1v) is 8.34. The standard InChI is InChI=1S/C17H24N2OS/c1-4-7-13(16-10-6-11-21-16)19-14-8-5-9-15(17(14)18)20-12(2)3/h5-6,8-13,19H,4,7,18H2,1-3H3. The zero-order valence-electron chi connectivity index (χ0n) is 12.9. The van der Waals surface area contributed by atoms with Crippen LogP contribution in [0.4, 0.5) is 11.4 Å². The lowest BCUT2D eigenvalue weighted by Gasteiger charge is -2.21. The fourth-order valence-corrected chi connectivity index (χ4v) is 3.09. The molecule has 0 aliphatic carbocycles. The van der Waals surface area contributed by atoms with E-state index in [1.807, 2.05) is 32.0 Å². The molecular weight excluding hydrogens is 280 g/mol. The number of para-hydroxylation sites is 1. The van der Waals surface area contributed by atoms with Crippen molar-refractivity contribution in [2.45, 2.75) is 45.8 Å². The van der Waals surface area contributed by atoms with Gasteiger partial charge in [0, 0.05) is 4.88 Å². The minimum atomic E-state index is 0.117. The molecule has 114 valence electrons. The summed E-state index contributed by atoms with van der Waals surface area (Å²) in [5, 5.41) is 5.68. The van der Waals surface area contributed by atoms with Crippen LogP contribution in [0.2, 0.25) is 0 Å². The van der Waals surface area contributed by atoms with Crippen LogP contribution in [-0.2, 0) is 0 Å². The highest BCUT2D eigenvalue weighted by molar-refractivity contribution is 7.10. The third-order valence-electron chi connectivity index (χ3n) is 3.22. The summed E-state index contributed by atoms with van der Waals surface area (Å²) >= 11 is 1.78. The van der Waals surface area contributed by atoms with Crippen LogP contribution in [0.5, 0.6) is 5.75 Å². The van der Waals surface area contributed by atoms with Gasteiger partial charge in [0.2, 0.25) is 0 Å². The third-order valence-corrected chi connectivity index (χ3v) is 4.21. The van der Waals surface area contributed by atoms with E-state index < -0.39 is 0 Å². The summed E-state index contributed by atoms with van der Waals surface area (Å²) in [7, 11) is 0. The minimum Gasteiger partial charge on any atom is -0.489 e. The molecule has 4 heteroatoms. The first-order chi connectivity index (χ1) is 10.1. The van der Waals surface area contributed by atoms with Gasteiger partial charge in [-0.3, -0.25) is 0 Å². The predicted molar refractivity (Wildman–Crippen MR) is 92.2 cm³/mol. The van der Waals surface area contributed by atoms with E-state index in [0.717, 1.165) is 24.3 Å². The van der Waals surface area contributed by atoms with Crippen molar-refractivity contribution in [3.8, 4) is 5.75 Å². The summed E-state index contributed by atoms with van der Waals surface area (Å²) in [6.45, 7) is 6.21. The van der Waals surface area contributed by atoms with Crippen LogP contribution in [0.3, 0.4) is 0 Å². The Bertz CT molecular complexity index is 552. The maximum atomic E-state index is 6.25. The van der Waals surface area contributed by atoms with E-state index in [9.17, 15) is 0 Å². The average molecular weight is 304 g/mol. The molecule has 1 heterocycles. The van der Waals surface area contributed by atoms with Crippen molar-refractivity contribution >= 4 is 22.7 Å². The normalized spacial score (nSPS) is 12.4. The van der Waals surface area contributed by atoms with Gasteiger partial charge < -0.3 is 15.8 Å². The molecule has 3 nitrogen and oxygen atoms in total. The van der Waals surface area contributed by atoms with E-state index in [1.165, 1.54) is 4.88 Å². The zero-order chi connectivity index (χ0) is 15.2. The smallest absolute Gasteiger partial charge is 0.144 e. The van der Waals surface area contributed by atoms with Crippen LogP contribution in [-0.4, -0.2) is 6.10 Å². The number of nitrogens with two attached hydrogens (primary N) is 1. The largest absolute Gasteiger partial charge is 0.489 e. The molecular formula is C17H24N2OS. The van der Waals surface area contributed by atoms with Crippen LogP contribution in [0, 0.1) is 0 Å². The maximum Gasteiger partial charge on any atom is 0.144 e. The molecule has 0 bridgehead atoms. The van der Waals surface area contributed by atoms with Crippen LogP contribution in [0.15, 0.2) is 35.7 Å². The van der Waals surface area contributed by atoms with Gasteiger partial charge in [0.15, 0.2) is 0 Å². The van der Waals surface area contributed by atoms with Gasteiger partial charge in [-0.15, -0.1) is 11.3 Å². The third kappa shape index (κ3) is 4.14.